The van der Waals surface area contributed by atoms with Crippen molar-refractivity contribution in [3.63, 3.8) is 0 Å². The maximum Gasteiger partial charge on any atom is 0.147 e. The van der Waals surface area contributed by atoms with Crippen LogP contribution in [0.2, 0.25) is 0 Å². The summed E-state index contributed by atoms with van der Waals surface area (Å²) in [5, 5.41) is 14.2. The normalized spacial score (nSPS) is 13.6. The summed E-state index contributed by atoms with van der Waals surface area (Å²) in [7, 11) is 0. The molecule has 0 atom stereocenters. The number of hydrogen-bond acceptors (Lipinski definition) is 2. The molecular weight excluding hydrogens is 371 g/mol. The summed E-state index contributed by atoms with van der Waals surface area (Å²) >= 11 is 3.43. The smallest absolute Gasteiger partial charge is 0.147 e. The molecule has 0 unspecified atom stereocenters. The molecule has 0 bridgehead atoms. The van der Waals surface area contributed by atoms with Gasteiger partial charge in [0.25, 0.3) is 0 Å². The first kappa shape index (κ1) is 15.0. The second kappa shape index (κ2) is 5.83. The zero-order valence-electron chi connectivity index (χ0n) is 12.6. The van der Waals surface area contributed by atoms with Gasteiger partial charge in [0.15, 0.2) is 0 Å². The van der Waals surface area contributed by atoms with E-state index in [0.29, 0.717) is 12.2 Å². The van der Waals surface area contributed by atoms with E-state index in [4.69, 9.17) is 0 Å². The second-order valence-electron chi connectivity index (χ2n) is 5.61. The van der Waals surface area contributed by atoms with Gasteiger partial charge in [-0.15, -0.1) is 0 Å². The molecule has 0 amide bonds. The molecule has 120 valence electrons. The number of rotatable bonds is 2. The van der Waals surface area contributed by atoms with Crippen LogP contribution >= 0.6 is 15.9 Å². The van der Waals surface area contributed by atoms with E-state index in [1.807, 2.05) is 41.1 Å². The summed E-state index contributed by atoms with van der Waals surface area (Å²) in [6.07, 6.45) is 1.92. The van der Waals surface area contributed by atoms with Crippen molar-refractivity contribution in [2.75, 3.05) is 11.9 Å². The van der Waals surface area contributed by atoms with Gasteiger partial charge in [0.2, 0.25) is 0 Å². The molecule has 2 aromatic carbocycles. The van der Waals surface area contributed by atoms with Crippen molar-refractivity contribution in [1.82, 2.24) is 4.57 Å². The summed E-state index contributed by atoms with van der Waals surface area (Å²) in [5.74, 6) is -0.0789. The van der Waals surface area contributed by atoms with E-state index in [0.717, 1.165) is 27.0 Å². The maximum atomic E-state index is 13.2. The minimum Gasteiger partial charge on any atom is -0.505 e. The largest absolute Gasteiger partial charge is 0.505 e. The Morgan fingerprint density at radius 3 is 2.42 bits per heavy atom. The monoisotopic (exact) mass is 384 g/mol. The fraction of sp³-hybridized carbons (Fsp3) is 0.0526. The number of aromatic nitrogens is 1. The predicted molar refractivity (Wildman–Crippen MR) is 97.8 cm³/mol. The molecule has 0 saturated heterocycles. The van der Waals surface area contributed by atoms with E-state index >= 15 is 0 Å². The van der Waals surface area contributed by atoms with Gasteiger partial charge in [-0.25, -0.2) is 4.39 Å². The number of halogens is 2. The van der Waals surface area contributed by atoms with Crippen LogP contribution < -0.4 is 5.32 Å². The molecule has 2 N–H and O–H groups in total. The molecule has 4 rings (SSSR count). The summed E-state index contributed by atoms with van der Waals surface area (Å²) in [6, 6.07) is 16.0. The lowest BCUT2D eigenvalue weighted by molar-refractivity contribution is 0.507. The fourth-order valence-electron chi connectivity index (χ4n) is 2.93. The van der Waals surface area contributed by atoms with Gasteiger partial charge in [0.05, 0.1) is 5.69 Å². The van der Waals surface area contributed by atoms with Gasteiger partial charge in [-0.1, -0.05) is 28.1 Å². The average molecular weight is 385 g/mol. The molecule has 0 spiro atoms. The Morgan fingerprint density at radius 1 is 1.00 bits per heavy atom. The quantitative estimate of drug-likeness (QED) is 0.634. The summed E-state index contributed by atoms with van der Waals surface area (Å²) in [6.45, 7) is 0.495. The van der Waals surface area contributed by atoms with Crippen LogP contribution in [0.5, 0.6) is 0 Å². The molecule has 2 heterocycles. The van der Waals surface area contributed by atoms with E-state index in [-0.39, 0.29) is 11.6 Å². The fourth-order valence-corrected chi connectivity index (χ4v) is 3.20. The number of aliphatic hydroxyl groups excluding tert-OH is 1. The molecule has 1 aliphatic heterocycles. The minimum atomic E-state index is -0.290. The van der Waals surface area contributed by atoms with Gasteiger partial charge >= 0.3 is 0 Å². The van der Waals surface area contributed by atoms with E-state index in [2.05, 4.69) is 21.2 Å². The number of nitrogens with zero attached hydrogens (tertiary/aromatic N) is 1. The lowest BCUT2D eigenvalue weighted by Gasteiger charge is -2.21. The Kier molecular flexibility index (Phi) is 3.65. The topological polar surface area (TPSA) is 37.2 Å². The highest BCUT2D eigenvalue weighted by atomic mass is 79.9. The highest BCUT2D eigenvalue weighted by molar-refractivity contribution is 9.10. The third-order valence-corrected chi connectivity index (χ3v) is 4.68. The minimum absolute atomic E-state index is 0.211. The number of nitrogens with one attached hydrogen (secondary N) is 1. The zero-order valence-corrected chi connectivity index (χ0v) is 14.2. The maximum absolute atomic E-state index is 13.2. The summed E-state index contributed by atoms with van der Waals surface area (Å²) in [4.78, 5) is 0. The van der Waals surface area contributed by atoms with Crippen molar-refractivity contribution in [3.05, 3.63) is 82.3 Å². The van der Waals surface area contributed by atoms with Gasteiger partial charge < -0.3 is 15.0 Å². The number of benzene rings is 2. The molecule has 1 aromatic heterocycles. The van der Waals surface area contributed by atoms with Gasteiger partial charge in [-0.3, -0.25) is 0 Å². The Bertz CT molecular complexity index is 927. The molecular formula is C19H14BrFN2O. The van der Waals surface area contributed by atoms with Crippen molar-refractivity contribution in [3.8, 4) is 5.69 Å². The molecule has 5 heteroatoms. The van der Waals surface area contributed by atoms with Crippen molar-refractivity contribution in [2.24, 2.45) is 0 Å². The van der Waals surface area contributed by atoms with Crippen LogP contribution in [0.25, 0.3) is 17.0 Å². The van der Waals surface area contributed by atoms with Crippen LogP contribution in [0.15, 0.2) is 65.3 Å². The summed E-state index contributed by atoms with van der Waals surface area (Å²) < 4.78 is 16.1. The van der Waals surface area contributed by atoms with Crippen LogP contribution in [0.3, 0.4) is 0 Å². The number of fused-ring (bicyclic) bond motifs is 1. The Labute approximate surface area is 147 Å². The number of hydrogen-bond donors (Lipinski definition) is 2. The Balaban J connectivity index is 1.84. The average Bonchev–Trinajstić information content (AvgIpc) is 3.02. The van der Waals surface area contributed by atoms with E-state index in [1.165, 1.54) is 12.1 Å². The Hall–Kier alpha value is -2.53. The third kappa shape index (κ3) is 2.51. The molecule has 0 saturated carbocycles. The molecule has 0 fully saturated rings. The lowest BCUT2D eigenvalue weighted by Crippen LogP contribution is -2.14. The van der Waals surface area contributed by atoms with Crippen LogP contribution in [-0.4, -0.2) is 16.2 Å². The van der Waals surface area contributed by atoms with Crippen molar-refractivity contribution in [1.29, 1.82) is 0 Å². The first-order valence-electron chi connectivity index (χ1n) is 7.53. The molecule has 0 radical (unpaired) electrons. The molecule has 0 aliphatic carbocycles. The Morgan fingerprint density at radius 2 is 1.71 bits per heavy atom. The molecule has 1 aliphatic rings. The highest BCUT2D eigenvalue weighted by Crippen LogP contribution is 2.36. The first-order chi connectivity index (χ1) is 11.6. The van der Waals surface area contributed by atoms with Gasteiger partial charge in [0.1, 0.15) is 17.3 Å². The number of anilines is 1. The highest BCUT2D eigenvalue weighted by Gasteiger charge is 2.23. The summed E-state index contributed by atoms with van der Waals surface area (Å²) in [5.41, 5.74) is 4.09. The van der Waals surface area contributed by atoms with E-state index in [1.54, 1.807) is 12.1 Å². The molecule has 3 aromatic rings. The third-order valence-electron chi connectivity index (χ3n) is 4.15. The van der Waals surface area contributed by atoms with Crippen molar-refractivity contribution < 1.29 is 9.50 Å². The van der Waals surface area contributed by atoms with Crippen LogP contribution in [0.1, 0.15) is 11.3 Å². The predicted octanol–water partition coefficient (Wildman–Crippen LogP) is 5.23. The number of aliphatic hydroxyl groups is 1. The van der Waals surface area contributed by atoms with Gasteiger partial charge in [-0.2, -0.15) is 0 Å². The van der Waals surface area contributed by atoms with Gasteiger partial charge in [0, 0.05) is 28.5 Å². The molecule has 3 nitrogen and oxygen atoms in total. The molecule has 24 heavy (non-hydrogen) atoms. The second-order valence-corrected chi connectivity index (χ2v) is 6.53. The van der Waals surface area contributed by atoms with Crippen LogP contribution in [-0.2, 0) is 0 Å². The standard InChI is InChI=1S/C19H14BrFN2O/c20-13-3-7-15(8-4-13)23-10-9-17-18(23)19(24)16(11-22-17)12-1-5-14(21)6-2-12/h1-10,22,24H,11H2. The SMILES string of the molecule is OC1=C(c2ccc(F)cc2)CNc2ccn(-c3ccc(Br)cc3)c21. The van der Waals surface area contributed by atoms with Crippen molar-refractivity contribution in [2.45, 2.75) is 0 Å². The van der Waals surface area contributed by atoms with Crippen molar-refractivity contribution >= 4 is 32.9 Å². The zero-order chi connectivity index (χ0) is 16.7. The van der Waals surface area contributed by atoms with Crippen LogP contribution in [0.4, 0.5) is 10.1 Å². The van der Waals surface area contributed by atoms with E-state index in [9.17, 15) is 9.50 Å². The van der Waals surface area contributed by atoms with Crippen LogP contribution in [0, 0.1) is 5.82 Å². The lowest BCUT2D eigenvalue weighted by atomic mass is 10.00. The van der Waals surface area contributed by atoms with Gasteiger partial charge in [-0.05, 0) is 48.0 Å². The first-order valence-corrected chi connectivity index (χ1v) is 8.32. The van der Waals surface area contributed by atoms with E-state index < -0.39 is 0 Å².